The van der Waals surface area contributed by atoms with Crippen LogP contribution in [0.3, 0.4) is 0 Å². The van der Waals surface area contributed by atoms with Gasteiger partial charge in [0.15, 0.2) is 5.65 Å². The number of fused-ring (bicyclic) bond motifs is 1. The van der Waals surface area contributed by atoms with Gasteiger partial charge in [0.1, 0.15) is 0 Å². The third kappa shape index (κ3) is 2.95. The van der Waals surface area contributed by atoms with Gasteiger partial charge in [-0.3, -0.25) is 0 Å². The Kier molecular flexibility index (Phi) is 4.37. The fourth-order valence-electron chi connectivity index (χ4n) is 2.48. The van der Waals surface area contributed by atoms with Gasteiger partial charge in [-0.1, -0.05) is 37.3 Å². The third-order valence-electron chi connectivity index (χ3n) is 3.64. The topological polar surface area (TPSA) is 57.0 Å². The molecule has 0 amide bonds. The number of benzene rings is 1. The molecule has 5 heteroatoms. The number of nitrogens with zero attached hydrogens (tertiary/aromatic N) is 3. The Morgan fingerprint density at radius 1 is 1.22 bits per heavy atom. The summed E-state index contributed by atoms with van der Waals surface area (Å²) in [5.41, 5.74) is 2.93. The van der Waals surface area contributed by atoms with Gasteiger partial charge in [0.2, 0.25) is 0 Å². The molecule has 0 aliphatic carbocycles. The van der Waals surface area contributed by atoms with Gasteiger partial charge in [-0.15, -0.1) is 0 Å². The van der Waals surface area contributed by atoms with Gasteiger partial charge in [-0.05, 0) is 19.4 Å². The lowest BCUT2D eigenvalue weighted by Gasteiger charge is -2.08. The molecule has 0 bridgehead atoms. The molecule has 0 aliphatic heterocycles. The predicted molar refractivity (Wildman–Crippen MR) is 89.2 cm³/mol. The van der Waals surface area contributed by atoms with Crippen LogP contribution in [0, 0.1) is 0 Å². The Labute approximate surface area is 134 Å². The van der Waals surface area contributed by atoms with E-state index in [1.807, 2.05) is 44.2 Å². The van der Waals surface area contributed by atoms with E-state index in [1.54, 1.807) is 16.9 Å². The van der Waals surface area contributed by atoms with Crippen LogP contribution in [0.2, 0.25) is 0 Å². The van der Waals surface area contributed by atoms with Gasteiger partial charge >= 0.3 is 5.97 Å². The molecule has 0 radical (unpaired) electrons. The number of ether oxygens (including phenoxy) is 1. The number of carbonyl (C=O) groups is 1. The highest BCUT2D eigenvalue weighted by atomic mass is 16.5. The molecule has 0 N–H and O–H groups in total. The lowest BCUT2D eigenvalue weighted by molar-refractivity contribution is 0.0507. The van der Waals surface area contributed by atoms with Crippen molar-refractivity contribution in [2.24, 2.45) is 0 Å². The Bertz CT molecular complexity index is 825. The lowest BCUT2D eigenvalue weighted by atomic mass is 10.1. The summed E-state index contributed by atoms with van der Waals surface area (Å²) in [7, 11) is 0. The molecule has 2 aromatic heterocycles. The van der Waals surface area contributed by atoms with Crippen molar-refractivity contribution >= 4 is 17.0 Å². The molecule has 23 heavy (non-hydrogen) atoms. The van der Waals surface area contributed by atoms with Crippen LogP contribution in [0.5, 0.6) is 0 Å². The highest BCUT2D eigenvalue weighted by Gasteiger charge is 2.18. The Hall–Kier alpha value is -2.69. The zero-order valence-corrected chi connectivity index (χ0v) is 13.3. The van der Waals surface area contributed by atoms with E-state index in [1.165, 1.54) is 0 Å². The number of rotatable bonds is 5. The van der Waals surface area contributed by atoms with Crippen LogP contribution in [-0.2, 0) is 11.3 Å². The Morgan fingerprint density at radius 3 is 2.70 bits per heavy atom. The van der Waals surface area contributed by atoms with Crippen LogP contribution in [0.4, 0.5) is 0 Å². The number of aromatic nitrogens is 3. The summed E-state index contributed by atoms with van der Waals surface area (Å²) >= 11 is 0. The number of hydrogen-bond donors (Lipinski definition) is 0. The summed E-state index contributed by atoms with van der Waals surface area (Å²) in [4.78, 5) is 17.1. The summed E-state index contributed by atoms with van der Waals surface area (Å²) in [6.45, 7) is 5.07. The van der Waals surface area contributed by atoms with Crippen molar-refractivity contribution in [3.05, 3.63) is 48.2 Å². The summed E-state index contributed by atoms with van der Waals surface area (Å²) in [6.07, 6.45) is 2.48. The van der Waals surface area contributed by atoms with Crippen molar-refractivity contribution in [3.8, 4) is 11.3 Å². The van der Waals surface area contributed by atoms with Crippen molar-refractivity contribution in [3.63, 3.8) is 0 Å². The molecule has 3 rings (SSSR count). The van der Waals surface area contributed by atoms with E-state index >= 15 is 0 Å². The molecule has 0 atom stereocenters. The van der Waals surface area contributed by atoms with Gasteiger partial charge in [-0.2, -0.15) is 5.10 Å². The fraction of sp³-hybridized carbons (Fsp3) is 0.278. The minimum Gasteiger partial charge on any atom is -0.462 e. The predicted octanol–water partition coefficient (Wildman–Crippen LogP) is 3.69. The summed E-state index contributed by atoms with van der Waals surface area (Å²) < 4.78 is 7.11. The van der Waals surface area contributed by atoms with Crippen LogP contribution in [0.1, 0.15) is 30.6 Å². The van der Waals surface area contributed by atoms with Crippen LogP contribution < -0.4 is 0 Å². The molecular formula is C18H19N3O2. The summed E-state index contributed by atoms with van der Waals surface area (Å²) in [6, 6.07) is 11.6. The zero-order valence-electron chi connectivity index (χ0n) is 13.3. The number of pyridine rings is 1. The molecule has 0 spiro atoms. The first-order valence-corrected chi connectivity index (χ1v) is 7.83. The van der Waals surface area contributed by atoms with Crippen LogP contribution in [-0.4, -0.2) is 27.3 Å². The molecule has 0 saturated heterocycles. The molecule has 0 aliphatic rings. The second-order valence-electron chi connectivity index (χ2n) is 5.25. The minimum absolute atomic E-state index is 0.327. The lowest BCUT2D eigenvalue weighted by Crippen LogP contribution is -2.08. The molecular weight excluding hydrogens is 290 g/mol. The van der Waals surface area contributed by atoms with Gasteiger partial charge in [0, 0.05) is 12.1 Å². The Balaban J connectivity index is 2.17. The van der Waals surface area contributed by atoms with Gasteiger partial charge in [0.25, 0.3) is 0 Å². The van der Waals surface area contributed by atoms with E-state index in [9.17, 15) is 4.79 Å². The van der Waals surface area contributed by atoms with E-state index in [4.69, 9.17) is 9.72 Å². The van der Waals surface area contributed by atoms with Crippen LogP contribution >= 0.6 is 0 Å². The third-order valence-corrected chi connectivity index (χ3v) is 3.64. The standard InChI is InChI=1S/C18H19N3O2/c1-3-10-23-18(22)14-11-16(13-8-6-5-7-9-13)20-17-15(14)12-19-21(17)4-2/h5-9,11-12H,3-4,10H2,1-2H3. The average Bonchev–Trinajstić information content (AvgIpc) is 3.02. The van der Waals surface area contributed by atoms with Gasteiger partial charge in [-0.25, -0.2) is 14.5 Å². The van der Waals surface area contributed by atoms with Crippen molar-refractivity contribution in [1.82, 2.24) is 14.8 Å². The smallest absolute Gasteiger partial charge is 0.339 e. The molecule has 0 fully saturated rings. The van der Waals surface area contributed by atoms with E-state index in [0.717, 1.165) is 23.1 Å². The number of carbonyl (C=O) groups excluding carboxylic acids is 1. The quantitative estimate of drug-likeness (QED) is 0.675. The van der Waals surface area contributed by atoms with Crippen molar-refractivity contribution in [2.45, 2.75) is 26.8 Å². The SMILES string of the molecule is CCCOC(=O)c1cc(-c2ccccc2)nc2c1cnn2CC. The molecule has 3 aromatic rings. The van der Waals surface area contributed by atoms with Gasteiger partial charge in [0.05, 0.1) is 29.4 Å². The summed E-state index contributed by atoms with van der Waals surface area (Å²) in [5.74, 6) is -0.327. The fourth-order valence-corrected chi connectivity index (χ4v) is 2.48. The first-order valence-electron chi connectivity index (χ1n) is 7.83. The maximum atomic E-state index is 12.4. The average molecular weight is 309 g/mol. The zero-order chi connectivity index (χ0) is 16.2. The summed E-state index contributed by atoms with van der Waals surface area (Å²) in [5, 5.41) is 5.05. The van der Waals surface area contributed by atoms with E-state index in [-0.39, 0.29) is 5.97 Å². The Morgan fingerprint density at radius 2 is 2.00 bits per heavy atom. The van der Waals surface area contributed by atoms with E-state index < -0.39 is 0 Å². The van der Waals surface area contributed by atoms with Crippen LogP contribution in [0.25, 0.3) is 22.3 Å². The second-order valence-corrected chi connectivity index (χ2v) is 5.25. The van der Waals surface area contributed by atoms with E-state index in [0.29, 0.717) is 24.4 Å². The second kappa shape index (κ2) is 6.60. The number of esters is 1. The molecule has 1 aromatic carbocycles. The molecule has 5 nitrogen and oxygen atoms in total. The highest BCUT2D eigenvalue weighted by Crippen LogP contribution is 2.25. The molecule has 0 saturated carbocycles. The first kappa shape index (κ1) is 15.2. The normalized spacial score (nSPS) is 10.9. The minimum atomic E-state index is -0.327. The highest BCUT2D eigenvalue weighted by molar-refractivity contribution is 6.03. The molecule has 118 valence electrons. The van der Waals surface area contributed by atoms with Crippen molar-refractivity contribution < 1.29 is 9.53 Å². The maximum absolute atomic E-state index is 12.4. The monoisotopic (exact) mass is 309 g/mol. The first-order chi connectivity index (χ1) is 11.2. The van der Waals surface area contributed by atoms with Crippen molar-refractivity contribution in [2.75, 3.05) is 6.61 Å². The van der Waals surface area contributed by atoms with Crippen LogP contribution in [0.15, 0.2) is 42.6 Å². The molecule has 2 heterocycles. The molecule has 0 unspecified atom stereocenters. The number of hydrogen-bond acceptors (Lipinski definition) is 4. The van der Waals surface area contributed by atoms with Gasteiger partial charge < -0.3 is 4.74 Å². The maximum Gasteiger partial charge on any atom is 0.339 e. The number of aryl methyl sites for hydroxylation is 1. The largest absolute Gasteiger partial charge is 0.462 e. The van der Waals surface area contributed by atoms with E-state index in [2.05, 4.69) is 5.10 Å². The van der Waals surface area contributed by atoms with Crippen molar-refractivity contribution in [1.29, 1.82) is 0 Å².